The third kappa shape index (κ3) is 17.0. The average molecular weight is 1280 g/mol. The molecule has 4 fully saturated rings. The minimum Gasteiger partial charge on any atom is -0.495 e. The van der Waals surface area contributed by atoms with Crippen molar-refractivity contribution in [2.24, 2.45) is 5.41 Å². The molecule has 3 atom stereocenters. The van der Waals surface area contributed by atoms with E-state index in [0.29, 0.717) is 103 Å². The molecule has 90 heavy (non-hydrogen) atoms. The second-order valence-electron chi connectivity index (χ2n) is 24.5. The first-order chi connectivity index (χ1) is 43.0. The van der Waals surface area contributed by atoms with E-state index < -0.39 is 77.1 Å². The smallest absolute Gasteiger partial charge is 0.342 e. The summed E-state index contributed by atoms with van der Waals surface area (Å²) in [6, 6.07) is 5.47. The van der Waals surface area contributed by atoms with Gasteiger partial charge in [-0.2, -0.15) is 13.8 Å². The number of β-amino-alcohol motifs (C(OH)–C–C–N with tert-alkyl or cyclic N) is 1. The number of rotatable bonds is 29. The van der Waals surface area contributed by atoms with Crippen LogP contribution in [0.15, 0.2) is 42.0 Å². The van der Waals surface area contributed by atoms with Gasteiger partial charge in [-0.25, -0.2) is 18.7 Å². The zero-order valence-electron chi connectivity index (χ0n) is 51.9. The minimum absolute atomic E-state index is 0.00322. The van der Waals surface area contributed by atoms with Crippen molar-refractivity contribution >= 4 is 64.0 Å². The summed E-state index contributed by atoms with van der Waals surface area (Å²) in [6.45, 7) is 11.4. The minimum atomic E-state index is -3.64. The van der Waals surface area contributed by atoms with Gasteiger partial charge in [0.05, 0.1) is 106 Å². The molecule has 0 bridgehead atoms. The van der Waals surface area contributed by atoms with Crippen molar-refractivity contribution in [1.29, 1.82) is 0 Å². The summed E-state index contributed by atoms with van der Waals surface area (Å²) in [5.74, 6) is -7.54. The molecule has 3 aliphatic heterocycles. The molecular formula is C62H83F4N11O12S. The number of aliphatic hydroxyl groups excluding tert-OH is 1. The Labute approximate surface area is 525 Å². The normalized spacial score (nSPS) is 19.7. The standard InChI is InChI=1S/C62H83F4N11O12S/c1-38-51(90-37-69-38)39-11-12-40(33-67-55(80)47-30-43(78)35-76(47)56(81)52(60(2,3)4)72-57(82)61(64)15-16-61)49(29-39)89-28-27-88-26-25-87-24-23-86-22-21-85-20-19-75-17-13-41(14-18-75)70-54(79)44-31-50(84-6)46(32-45(44)63)71-59-68-34-48-53(73-59)77(42-9-7-8-10-42)36-62(65,66)58(83)74(48)5/h11-12,29,31-32,34,37,41-43,47,52,78H,7-10,13-28,30,33,35-36H2,1-6H3,(H,67,80)(H,70,79)(H,72,82)(H,68,71,73)/t43-,47+,52-/m1/s1. The van der Waals surface area contributed by atoms with Gasteiger partial charge in [-0.1, -0.05) is 45.7 Å². The molecule has 0 spiro atoms. The van der Waals surface area contributed by atoms with Crippen molar-refractivity contribution < 1.29 is 75.1 Å². The number of aliphatic hydroxyl groups is 1. The first-order valence-electron chi connectivity index (χ1n) is 30.7. The Morgan fingerprint density at radius 2 is 1.54 bits per heavy atom. The third-order valence-electron chi connectivity index (χ3n) is 16.9. The van der Waals surface area contributed by atoms with Gasteiger partial charge in [0.2, 0.25) is 17.8 Å². The number of piperidine rings is 1. The highest BCUT2D eigenvalue weighted by Gasteiger charge is 2.54. The van der Waals surface area contributed by atoms with Crippen LogP contribution in [0, 0.1) is 18.2 Å². The van der Waals surface area contributed by atoms with Crippen LogP contribution in [0.5, 0.6) is 11.5 Å². The molecule has 5 N–H and O–H groups in total. The number of aromatic nitrogens is 3. The van der Waals surface area contributed by atoms with E-state index >= 15 is 13.2 Å². The van der Waals surface area contributed by atoms with Crippen molar-refractivity contribution in [1.82, 2.24) is 40.7 Å². The van der Waals surface area contributed by atoms with Gasteiger partial charge in [0, 0.05) is 69.9 Å². The van der Waals surface area contributed by atoms with Gasteiger partial charge in [-0.15, -0.1) is 11.3 Å². The summed E-state index contributed by atoms with van der Waals surface area (Å²) in [5, 5.41) is 22.0. The van der Waals surface area contributed by atoms with E-state index in [1.165, 1.54) is 47.6 Å². The molecule has 28 heteroatoms. The van der Waals surface area contributed by atoms with E-state index in [1.54, 1.807) is 26.3 Å². The van der Waals surface area contributed by atoms with Gasteiger partial charge in [-0.05, 0) is 68.6 Å². The van der Waals surface area contributed by atoms with E-state index in [-0.39, 0.29) is 92.1 Å². The number of alkyl halides is 3. The fourth-order valence-corrected chi connectivity index (χ4v) is 12.3. The molecule has 9 rings (SSSR count). The number of fused-ring (bicyclic) bond motifs is 1. The molecule has 2 aromatic carbocycles. The summed E-state index contributed by atoms with van der Waals surface area (Å²) >= 11 is 1.49. The van der Waals surface area contributed by atoms with Crippen LogP contribution in [0.25, 0.3) is 10.4 Å². The van der Waals surface area contributed by atoms with Crippen LogP contribution in [-0.2, 0) is 44.7 Å². The van der Waals surface area contributed by atoms with Crippen LogP contribution in [0.2, 0.25) is 0 Å². The summed E-state index contributed by atoms with van der Waals surface area (Å²) < 4.78 is 95.3. The monoisotopic (exact) mass is 1280 g/mol. The number of nitrogens with one attached hydrogen (secondary N) is 4. The first-order valence-corrected chi connectivity index (χ1v) is 31.6. The predicted octanol–water partition coefficient (Wildman–Crippen LogP) is 6.11. The molecule has 0 radical (unpaired) electrons. The summed E-state index contributed by atoms with van der Waals surface area (Å²) in [7, 11) is 2.63. The summed E-state index contributed by atoms with van der Waals surface area (Å²) in [6.07, 6.45) is 4.87. The lowest BCUT2D eigenvalue weighted by molar-refractivity contribution is -0.145. The molecule has 5 amide bonds. The van der Waals surface area contributed by atoms with Gasteiger partial charge in [-0.3, -0.25) is 24.0 Å². The van der Waals surface area contributed by atoms with Gasteiger partial charge < -0.3 is 74.4 Å². The number of benzene rings is 2. The number of aryl methyl sites for hydroxylation is 1. The van der Waals surface area contributed by atoms with Crippen LogP contribution in [0.4, 0.5) is 40.7 Å². The topological polar surface area (TPSA) is 261 Å². The molecular weight excluding hydrogens is 1200 g/mol. The van der Waals surface area contributed by atoms with E-state index in [2.05, 4.69) is 41.1 Å². The summed E-state index contributed by atoms with van der Waals surface area (Å²) in [5.41, 5.74) is 1.40. The number of amides is 5. The maximum Gasteiger partial charge on any atom is 0.342 e. The van der Waals surface area contributed by atoms with Gasteiger partial charge >= 0.3 is 5.92 Å². The molecule has 2 saturated carbocycles. The summed E-state index contributed by atoms with van der Waals surface area (Å²) in [4.78, 5) is 86.6. The quantitative estimate of drug-likeness (QED) is 0.0303. The Hall–Kier alpha value is -6.82. The lowest BCUT2D eigenvalue weighted by Crippen LogP contribution is -2.59. The molecule has 0 unspecified atom stereocenters. The zero-order chi connectivity index (χ0) is 64.3. The molecule has 4 aromatic rings. The fourth-order valence-electron chi connectivity index (χ4n) is 11.5. The Balaban J connectivity index is 0.631. The van der Waals surface area contributed by atoms with Gasteiger partial charge in [0.15, 0.2) is 11.5 Å². The number of nitrogens with zero attached hydrogens (tertiary/aromatic N) is 7. The van der Waals surface area contributed by atoms with Crippen molar-refractivity contribution in [2.75, 3.05) is 121 Å². The number of ether oxygens (including phenoxy) is 6. The zero-order valence-corrected chi connectivity index (χ0v) is 52.7. The third-order valence-corrected chi connectivity index (χ3v) is 17.8. The van der Waals surface area contributed by atoms with E-state index in [4.69, 9.17) is 28.4 Å². The molecule has 492 valence electrons. The highest BCUT2D eigenvalue weighted by atomic mass is 32.1. The highest BCUT2D eigenvalue weighted by molar-refractivity contribution is 7.13. The second kappa shape index (κ2) is 30.1. The second-order valence-corrected chi connectivity index (χ2v) is 25.4. The average Bonchev–Trinajstić information content (AvgIpc) is 1.63. The Kier molecular flexibility index (Phi) is 22.6. The lowest BCUT2D eigenvalue weighted by Gasteiger charge is -2.35. The van der Waals surface area contributed by atoms with E-state index in [0.717, 1.165) is 39.9 Å². The number of halogens is 4. The number of carbonyl (C=O) groups excluding carboxylic acids is 5. The Morgan fingerprint density at radius 3 is 2.18 bits per heavy atom. The van der Waals surface area contributed by atoms with E-state index in [1.807, 2.05) is 25.1 Å². The molecule has 5 aliphatic rings. The maximum atomic E-state index is 15.7. The fraction of sp³-hybridized carbons (Fsp3) is 0.613. The van der Waals surface area contributed by atoms with Crippen LogP contribution in [0.3, 0.4) is 0 Å². The number of anilines is 4. The largest absolute Gasteiger partial charge is 0.495 e. The van der Waals surface area contributed by atoms with Crippen LogP contribution in [-0.4, -0.2) is 208 Å². The van der Waals surface area contributed by atoms with Crippen molar-refractivity contribution in [3.63, 3.8) is 0 Å². The SMILES string of the molecule is COc1cc(C(=O)NC2CCN(CCOCCOCCOCCOCCOc3cc(-c4scnc4C)ccc3CNC(=O)[C@@H]3C[C@@H](O)CN3C(=O)[C@@H](NC(=O)C3(F)CC3)C(C)(C)C)CC2)c(F)cc1Nc1ncc2c(n1)N(C1CCCC1)CC(F)(F)C(=O)N2C. The lowest BCUT2D eigenvalue weighted by atomic mass is 9.85. The van der Waals surface area contributed by atoms with Gasteiger partial charge in [0.1, 0.15) is 41.7 Å². The van der Waals surface area contributed by atoms with Crippen molar-refractivity contribution in [3.8, 4) is 21.9 Å². The molecule has 2 aliphatic carbocycles. The molecule has 2 saturated heterocycles. The number of carbonyl (C=O) groups is 5. The van der Waals surface area contributed by atoms with Crippen LogP contribution < -0.4 is 40.5 Å². The predicted molar refractivity (Wildman–Crippen MR) is 327 cm³/mol. The number of likely N-dealkylation sites (tertiary alicyclic amines) is 2. The maximum absolute atomic E-state index is 15.7. The van der Waals surface area contributed by atoms with Crippen LogP contribution in [0.1, 0.15) is 100 Å². The van der Waals surface area contributed by atoms with Gasteiger partial charge in [0.25, 0.3) is 17.7 Å². The van der Waals surface area contributed by atoms with Crippen molar-refractivity contribution in [3.05, 3.63) is 64.7 Å². The molecule has 2 aromatic heterocycles. The molecule has 5 heterocycles. The Bertz CT molecular complexity index is 3160. The Morgan fingerprint density at radius 1 is 0.878 bits per heavy atom. The number of thiazole rings is 1. The first kappa shape index (κ1) is 67.6. The molecule has 23 nitrogen and oxygen atoms in total. The number of methoxy groups -OCH3 is 1. The van der Waals surface area contributed by atoms with Crippen molar-refractivity contribution in [2.45, 2.75) is 134 Å². The van der Waals surface area contributed by atoms with E-state index in [9.17, 15) is 33.5 Å². The number of hydrogen-bond donors (Lipinski definition) is 5. The number of hydrogen-bond acceptors (Lipinski definition) is 19. The van der Waals surface area contributed by atoms with Crippen LogP contribution >= 0.6 is 11.3 Å². The highest BCUT2D eigenvalue weighted by Crippen LogP contribution is 2.42.